The molecule has 3 nitrogen and oxygen atoms in total. The molecule has 1 rings (SSSR count). The van der Waals surface area contributed by atoms with Crippen LogP contribution >= 0.6 is 23.0 Å². The molecule has 10 heavy (non-hydrogen) atoms. The Labute approximate surface area is 75.0 Å². The molecular weight excluding hydrogens is 245 g/mol. The van der Waals surface area contributed by atoms with Gasteiger partial charge in [0.2, 0.25) is 0 Å². The van der Waals surface area contributed by atoms with Crippen LogP contribution in [0.1, 0.15) is 6.42 Å². The van der Waals surface area contributed by atoms with E-state index in [2.05, 4.69) is 4.90 Å². The second-order valence-electron chi connectivity index (χ2n) is 2.68. The zero-order valence-corrected chi connectivity index (χ0v) is 8.11. The first-order chi connectivity index (χ1) is 4.75. The Morgan fingerprint density at radius 3 is 2.90 bits per heavy atom. The quantitative estimate of drug-likeness (QED) is 0.728. The summed E-state index contributed by atoms with van der Waals surface area (Å²) >= 11 is 1.86. The Balaban J connectivity index is 2.38. The van der Waals surface area contributed by atoms with E-state index in [1.165, 1.54) is 0 Å². The molecule has 0 spiro atoms. The highest BCUT2D eigenvalue weighted by Crippen LogP contribution is 2.16. The Morgan fingerprint density at radius 1 is 1.80 bits per heavy atom. The van der Waals surface area contributed by atoms with Crippen LogP contribution in [0.3, 0.4) is 0 Å². The normalized spacial score (nSPS) is 35.1. The maximum Gasteiger partial charge on any atom is 0.109 e. The molecule has 1 aliphatic heterocycles. The molecule has 1 fully saturated rings. The van der Waals surface area contributed by atoms with E-state index in [-0.39, 0.29) is 12.1 Å². The molecule has 60 valence electrons. The van der Waals surface area contributed by atoms with Gasteiger partial charge in [-0.05, 0) is 13.5 Å². The lowest BCUT2D eigenvalue weighted by Gasteiger charge is -2.19. The predicted molar refractivity (Wildman–Crippen MR) is 47.0 cm³/mol. The van der Waals surface area contributed by atoms with Crippen LogP contribution in [0.15, 0.2) is 0 Å². The summed E-state index contributed by atoms with van der Waals surface area (Å²) in [7, 11) is 2.01. The van der Waals surface area contributed by atoms with Gasteiger partial charge in [-0.3, -0.25) is 4.90 Å². The number of nitrogens with zero attached hydrogens (tertiary/aromatic N) is 1. The zero-order valence-electron chi connectivity index (χ0n) is 5.96. The Bertz CT molecular complexity index is 102. The highest BCUT2D eigenvalue weighted by molar-refractivity contribution is 14.1. The van der Waals surface area contributed by atoms with Gasteiger partial charge in [0.1, 0.15) is 23.0 Å². The molecular formula is C6H12INO2. The Hall–Kier alpha value is 0.610. The third-order valence-electron chi connectivity index (χ3n) is 2.02. The summed E-state index contributed by atoms with van der Waals surface area (Å²) in [5.41, 5.74) is 0. The summed E-state index contributed by atoms with van der Waals surface area (Å²) in [6.45, 7) is 1.60. The van der Waals surface area contributed by atoms with E-state index >= 15 is 0 Å². The molecule has 1 N–H and O–H groups in total. The van der Waals surface area contributed by atoms with Crippen molar-refractivity contribution < 1.29 is 8.17 Å². The van der Waals surface area contributed by atoms with Gasteiger partial charge < -0.3 is 8.17 Å². The van der Waals surface area contributed by atoms with Crippen molar-refractivity contribution in [1.29, 1.82) is 0 Å². The van der Waals surface area contributed by atoms with Crippen molar-refractivity contribution in [2.24, 2.45) is 0 Å². The molecule has 0 aromatic rings. The first-order valence-electron chi connectivity index (χ1n) is 3.37. The number of hydrogen-bond acceptors (Lipinski definition) is 3. The minimum absolute atomic E-state index is 0.195. The zero-order chi connectivity index (χ0) is 7.56. The third-order valence-corrected chi connectivity index (χ3v) is 2.38. The topological polar surface area (TPSA) is 32.7 Å². The van der Waals surface area contributed by atoms with Crippen molar-refractivity contribution >= 4 is 23.0 Å². The highest BCUT2D eigenvalue weighted by Gasteiger charge is 2.29. The van der Waals surface area contributed by atoms with Gasteiger partial charge in [0.25, 0.3) is 0 Å². The molecule has 1 saturated heterocycles. The van der Waals surface area contributed by atoms with Crippen molar-refractivity contribution in [3.63, 3.8) is 0 Å². The van der Waals surface area contributed by atoms with Crippen molar-refractivity contribution in [3.8, 4) is 0 Å². The van der Waals surface area contributed by atoms with E-state index in [9.17, 15) is 5.11 Å². The van der Waals surface area contributed by atoms with Crippen molar-refractivity contribution in [2.75, 3.05) is 20.2 Å². The van der Waals surface area contributed by atoms with Crippen LogP contribution in [0.2, 0.25) is 0 Å². The van der Waals surface area contributed by atoms with Crippen LogP contribution < -0.4 is 0 Å². The van der Waals surface area contributed by atoms with Crippen LogP contribution in [-0.4, -0.2) is 42.4 Å². The second kappa shape index (κ2) is 3.85. The summed E-state index contributed by atoms with van der Waals surface area (Å²) in [5, 5.41) is 9.37. The molecule has 0 amide bonds. The maximum absolute atomic E-state index is 9.37. The molecule has 1 aliphatic rings. The number of halogens is 1. The van der Waals surface area contributed by atoms with Crippen molar-refractivity contribution in [1.82, 2.24) is 4.90 Å². The van der Waals surface area contributed by atoms with E-state index < -0.39 is 0 Å². The van der Waals surface area contributed by atoms with Crippen molar-refractivity contribution in [3.05, 3.63) is 0 Å². The van der Waals surface area contributed by atoms with Gasteiger partial charge >= 0.3 is 0 Å². The number of aliphatic hydroxyl groups excluding tert-OH is 1. The maximum atomic E-state index is 9.37. The average molecular weight is 257 g/mol. The lowest BCUT2D eigenvalue weighted by atomic mass is 10.2. The van der Waals surface area contributed by atoms with E-state index in [1.807, 2.05) is 30.1 Å². The van der Waals surface area contributed by atoms with Gasteiger partial charge in [-0.2, -0.15) is 0 Å². The smallest absolute Gasteiger partial charge is 0.109 e. The minimum Gasteiger partial charge on any atom is -0.391 e. The molecule has 2 atom stereocenters. The molecule has 0 radical (unpaired) electrons. The minimum atomic E-state index is -0.195. The number of hydrogen-bond donors (Lipinski definition) is 1. The molecule has 4 heteroatoms. The van der Waals surface area contributed by atoms with Gasteiger partial charge in [-0.1, -0.05) is 0 Å². The fourth-order valence-electron chi connectivity index (χ4n) is 1.29. The first-order valence-corrected chi connectivity index (χ1v) is 4.25. The summed E-state index contributed by atoms with van der Waals surface area (Å²) < 4.78 is 4.93. The van der Waals surface area contributed by atoms with E-state index in [4.69, 9.17) is 3.07 Å². The lowest BCUT2D eigenvalue weighted by Crippen LogP contribution is -2.35. The van der Waals surface area contributed by atoms with Crippen LogP contribution in [0.5, 0.6) is 0 Å². The number of rotatable bonds is 2. The molecule has 0 aliphatic carbocycles. The summed E-state index contributed by atoms with van der Waals surface area (Å²) in [5.74, 6) is 0. The average Bonchev–Trinajstić information content (AvgIpc) is 2.20. The van der Waals surface area contributed by atoms with Crippen LogP contribution in [0, 0.1) is 0 Å². The van der Waals surface area contributed by atoms with Gasteiger partial charge in [-0.15, -0.1) is 0 Å². The lowest BCUT2D eigenvalue weighted by molar-refractivity contribution is 0.103. The van der Waals surface area contributed by atoms with E-state index in [0.29, 0.717) is 6.61 Å². The third kappa shape index (κ3) is 1.81. The van der Waals surface area contributed by atoms with Crippen LogP contribution in [-0.2, 0) is 3.07 Å². The molecule has 1 heterocycles. The van der Waals surface area contributed by atoms with Gasteiger partial charge in [0.05, 0.1) is 18.8 Å². The Kier molecular flexibility index (Phi) is 3.35. The van der Waals surface area contributed by atoms with E-state index in [1.54, 1.807) is 0 Å². The predicted octanol–water partition coefficient (Wildman–Crippen LogP) is 0.418. The van der Waals surface area contributed by atoms with Crippen molar-refractivity contribution in [2.45, 2.75) is 18.6 Å². The highest BCUT2D eigenvalue weighted by atomic mass is 127. The summed E-state index contributed by atoms with van der Waals surface area (Å²) in [6, 6.07) is 0.205. The molecule has 0 aromatic carbocycles. The summed E-state index contributed by atoms with van der Waals surface area (Å²) in [4.78, 5) is 2.13. The molecule has 0 unspecified atom stereocenters. The number of likely N-dealkylation sites (N-methyl/N-ethyl adjacent to an activating group) is 1. The fraction of sp³-hybridized carbons (Fsp3) is 1.00. The van der Waals surface area contributed by atoms with Gasteiger partial charge in [-0.25, -0.2) is 0 Å². The molecule has 0 aromatic heterocycles. The first kappa shape index (κ1) is 8.70. The fourth-order valence-corrected chi connectivity index (χ4v) is 1.66. The van der Waals surface area contributed by atoms with Gasteiger partial charge in [0, 0.05) is 6.54 Å². The summed E-state index contributed by atoms with van der Waals surface area (Å²) in [6.07, 6.45) is 0.681. The molecule has 0 bridgehead atoms. The van der Waals surface area contributed by atoms with E-state index in [0.717, 1.165) is 13.0 Å². The largest absolute Gasteiger partial charge is 0.391 e. The second-order valence-corrected chi connectivity index (χ2v) is 3.30. The monoisotopic (exact) mass is 257 g/mol. The molecule has 0 saturated carbocycles. The number of likely N-dealkylation sites (tertiary alicyclic amines) is 1. The SMILES string of the molecule is CN1CC[C@H](O)[C@H]1COI. The van der Waals surface area contributed by atoms with Gasteiger partial charge in [0.15, 0.2) is 0 Å². The van der Waals surface area contributed by atoms with Crippen LogP contribution in [0.4, 0.5) is 0 Å². The Morgan fingerprint density at radius 2 is 2.50 bits per heavy atom. The van der Waals surface area contributed by atoms with Crippen LogP contribution in [0.25, 0.3) is 0 Å². The number of aliphatic hydroxyl groups is 1. The standard InChI is InChI=1S/C6H12INO2/c1-8-3-2-6(9)5(8)4-10-7/h5-6,9H,2-4H2,1H3/t5-,6+/m1/s1.